The Morgan fingerprint density at radius 1 is 1.50 bits per heavy atom. The predicted octanol–water partition coefficient (Wildman–Crippen LogP) is 3.35. The number of fused-ring (bicyclic) bond motifs is 1. The smallest absolute Gasteiger partial charge is 0.306 e. The Kier molecular flexibility index (Phi) is 4.78. The van der Waals surface area contributed by atoms with Crippen LogP contribution in [0, 0.1) is 5.92 Å². The first-order chi connectivity index (χ1) is 9.22. The van der Waals surface area contributed by atoms with Gasteiger partial charge in [-0.15, -0.1) is 23.7 Å². The van der Waals surface area contributed by atoms with E-state index in [1.807, 2.05) is 12.3 Å². The van der Waals surface area contributed by atoms with Gasteiger partial charge in [-0.3, -0.25) is 9.78 Å². The Morgan fingerprint density at radius 2 is 2.35 bits per heavy atom. The molecule has 0 aromatic carbocycles. The summed E-state index contributed by atoms with van der Waals surface area (Å²) < 4.78 is 0. The van der Waals surface area contributed by atoms with Crippen LogP contribution < -0.4 is 0 Å². The third kappa shape index (κ3) is 3.19. The van der Waals surface area contributed by atoms with Crippen molar-refractivity contribution >= 4 is 29.7 Å². The van der Waals surface area contributed by atoms with Crippen LogP contribution in [-0.2, 0) is 24.1 Å². The maximum absolute atomic E-state index is 11.1. The topological polar surface area (TPSA) is 50.2 Å². The number of rotatable bonds is 3. The normalized spacial score (nSPS) is 17.1. The summed E-state index contributed by atoms with van der Waals surface area (Å²) in [6.07, 6.45) is 6.92. The molecule has 0 aliphatic heterocycles. The second-order valence-corrected chi connectivity index (χ2v) is 6.20. The van der Waals surface area contributed by atoms with E-state index in [4.69, 9.17) is 5.11 Å². The van der Waals surface area contributed by atoms with Gasteiger partial charge in [-0.05, 0) is 42.5 Å². The molecule has 3 nitrogen and oxygen atoms in total. The number of carboxylic acid groups (broad SMARTS) is 1. The van der Waals surface area contributed by atoms with E-state index in [0.29, 0.717) is 6.42 Å². The van der Waals surface area contributed by atoms with Crippen molar-refractivity contribution in [3.63, 3.8) is 0 Å². The molecule has 2 aromatic rings. The number of pyridine rings is 1. The van der Waals surface area contributed by atoms with Gasteiger partial charge in [0.25, 0.3) is 0 Å². The fraction of sp³-hybridized carbons (Fsp3) is 0.333. The minimum atomic E-state index is -0.659. The summed E-state index contributed by atoms with van der Waals surface area (Å²) in [4.78, 5) is 17.8. The van der Waals surface area contributed by atoms with Crippen molar-refractivity contribution in [1.29, 1.82) is 0 Å². The summed E-state index contributed by atoms with van der Waals surface area (Å²) in [5, 5.41) is 9.10. The maximum Gasteiger partial charge on any atom is 0.306 e. The zero-order valence-corrected chi connectivity index (χ0v) is 12.5. The first kappa shape index (κ1) is 15.0. The van der Waals surface area contributed by atoms with E-state index in [2.05, 4.69) is 17.1 Å². The molecule has 0 saturated heterocycles. The Hall–Kier alpha value is -1.39. The largest absolute Gasteiger partial charge is 0.481 e. The fourth-order valence-corrected chi connectivity index (χ4v) is 3.90. The Balaban J connectivity index is 0.00000147. The molecule has 0 bridgehead atoms. The lowest BCUT2D eigenvalue weighted by molar-refractivity contribution is -0.142. The molecule has 0 saturated carbocycles. The molecule has 1 aliphatic carbocycles. The molecule has 1 atom stereocenters. The van der Waals surface area contributed by atoms with Gasteiger partial charge in [0.1, 0.15) is 0 Å². The standard InChI is InChI=1S/C15H15NO2S.ClH/c17-15(18)12-4-3-11-7-13(19-14(11)8-12)6-10-2-1-5-16-9-10;/h1-2,5,7,9,12H,3-4,6,8H2,(H,17,18);1H. The lowest BCUT2D eigenvalue weighted by Crippen LogP contribution is -2.20. The van der Waals surface area contributed by atoms with Crippen LogP contribution in [0.4, 0.5) is 0 Å². The van der Waals surface area contributed by atoms with Gasteiger partial charge in [0.05, 0.1) is 5.92 Å². The minimum Gasteiger partial charge on any atom is -0.481 e. The van der Waals surface area contributed by atoms with Crippen molar-refractivity contribution in [3.8, 4) is 0 Å². The summed E-state index contributed by atoms with van der Waals surface area (Å²) in [6, 6.07) is 6.26. The second-order valence-electron chi connectivity index (χ2n) is 4.98. The van der Waals surface area contributed by atoms with Crippen LogP contribution in [0.15, 0.2) is 30.6 Å². The average Bonchev–Trinajstić information content (AvgIpc) is 2.80. The number of hydrogen-bond donors (Lipinski definition) is 1. The van der Waals surface area contributed by atoms with E-state index >= 15 is 0 Å². The third-order valence-electron chi connectivity index (χ3n) is 3.59. The third-order valence-corrected chi connectivity index (χ3v) is 4.79. The van der Waals surface area contributed by atoms with E-state index < -0.39 is 5.97 Å². The van der Waals surface area contributed by atoms with Crippen LogP contribution in [0.2, 0.25) is 0 Å². The summed E-state index contributed by atoms with van der Waals surface area (Å²) in [7, 11) is 0. The van der Waals surface area contributed by atoms with Crippen LogP contribution >= 0.6 is 23.7 Å². The predicted molar refractivity (Wildman–Crippen MR) is 81.8 cm³/mol. The second kappa shape index (κ2) is 6.37. The first-order valence-electron chi connectivity index (χ1n) is 6.44. The van der Waals surface area contributed by atoms with Crippen molar-refractivity contribution in [3.05, 3.63) is 51.5 Å². The van der Waals surface area contributed by atoms with Gasteiger partial charge in [0, 0.05) is 28.6 Å². The monoisotopic (exact) mass is 309 g/mol. The van der Waals surface area contributed by atoms with Crippen LogP contribution in [0.25, 0.3) is 0 Å². The molecule has 3 rings (SSSR count). The molecule has 2 aromatic heterocycles. The van der Waals surface area contributed by atoms with Crippen LogP contribution in [0.1, 0.15) is 27.3 Å². The summed E-state index contributed by atoms with van der Waals surface area (Å²) in [6.45, 7) is 0. The van der Waals surface area contributed by atoms with Crippen molar-refractivity contribution in [2.45, 2.75) is 25.7 Å². The number of nitrogens with zero attached hydrogens (tertiary/aromatic N) is 1. The molecule has 5 heteroatoms. The zero-order chi connectivity index (χ0) is 13.2. The summed E-state index contributed by atoms with van der Waals surface area (Å²) in [5.41, 5.74) is 2.55. The van der Waals surface area contributed by atoms with Gasteiger partial charge in [-0.1, -0.05) is 6.07 Å². The van der Waals surface area contributed by atoms with Crippen molar-refractivity contribution < 1.29 is 9.90 Å². The van der Waals surface area contributed by atoms with Crippen molar-refractivity contribution in [2.75, 3.05) is 0 Å². The molecular formula is C15H16ClNO2S. The number of aromatic nitrogens is 1. The lowest BCUT2D eigenvalue weighted by atomic mass is 9.89. The van der Waals surface area contributed by atoms with E-state index in [9.17, 15) is 4.79 Å². The van der Waals surface area contributed by atoms with E-state index in [0.717, 1.165) is 19.3 Å². The average molecular weight is 310 g/mol. The molecule has 0 radical (unpaired) electrons. The molecule has 0 fully saturated rings. The van der Waals surface area contributed by atoms with Crippen LogP contribution in [0.5, 0.6) is 0 Å². The number of hydrogen-bond acceptors (Lipinski definition) is 3. The first-order valence-corrected chi connectivity index (χ1v) is 7.26. The number of halogens is 1. The molecule has 1 N–H and O–H groups in total. The summed E-state index contributed by atoms with van der Waals surface area (Å²) >= 11 is 1.76. The molecule has 0 spiro atoms. The quantitative estimate of drug-likeness (QED) is 0.946. The van der Waals surface area contributed by atoms with Crippen LogP contribution in [0.3, 0.4) is 0 Å². The van der Waals surface area contributed by atoms with Gasteiger partial charge in [-0.25, -0.2) is 0 Å². The zero-order valence-electron chi connectivity index (χ0n) is 10.9. The Bertz CT molecular complexity index is 597. The number of thiophene rings is 1. The lowest BCUT2D eigenvalue weighted by Gasteiger charge is -2.17. The highest BCUT2D eigenvalue weighted by atomic mass is 35.5. The van der Waals surface area contributed by atoms with Gasteiger partial charge in [0.2, 0.25) is 0 Å². The molecule has 1 unspecified atom stereocenters. The van der Waals surface area contributed by atoms with Gasteiger partial charge >= 0.3 is 5.97 Å². The van der Waals surface area contributed by atoms with E-state index in [-0.39, 0.29) is 18.3 Å². The van der Waals surface area contributed by atoms with Crippen molar-refractivity contribution in [1.82, 2.24) is 4.98 Å². The van der Waals surface area contributed by atoms with E-state index in [1.54, 1.807) is 17.5 Å². The molecule has 106 valence electrons. The van der Waals surface area contributed by atoms with Gasteiger partial charge in [0.15, 0.2) is 0 Å². The molecule has 20 heavy (non-hydrogen) atoms. The summed E-state index contributed by atoms with van der Waals surface area (Å²) in [5.74, 6) is -0.856. The molecule has 2 heterocycles. The highest BCUT2D eigenvalue weighted by molar-refractivity contribution is 7.12. The van der Waals surface area contributed by atoms with Gasteiger partial charge < -0.3 is 5.11 Å². The highest BCUT2D eigenvalue weighted by Gasteiger charge is 2.25. The molecule has 0 amide bonds. The van der Waals surface area contributed by atoms with Gasteiger partial charge in [-0.2, -0.15) is 0 Å². The number of aliphatic carboxylic acids is 1. The van der Waals surface area contributed by atoms with Crippen molar-refractivity contribution in [2.24, 2.45) is 5.92 Å². The maximum atomic E-state index is 11.1. The molecule has 1 aliphatic rings. The number of aryl methyl sites for hydroxylation is 1. The Morgan fingerprint density at radius 3 is 3.05 bits per heavy atom. The van der Waals surface area contributed by atoms with E-state index in [1.165, 1.54) is 20.9 Å². The highest BCUT2D eigenvalue weighted by Crippen LogP contribution is 2.33. The number of carbonyl (C=O) groups is 1. The molecular weight excluding hydrogens is 294 g/mol. The van der Waals surface area contributed by atoms with Crippen LogP contribution in [-0.4, -0.2) is 16.1 Å². The minimum absolute atomic E-state index is 0. The SMILES string of the molecule is Cl.O=C(O)C1CCc2cc(Cc3cccnc3)sc2C1. The Labute approximate surface area is 128 Å². The number of carboxylic acids is 1. The fourth-order valence-electron chi connectivity index (χ4n) is 2.57.